The Morgan fingerprint density at radius 2 is 1.91 bits per heavy atom. The van der Waals surface area contributed by atoms with E-state index in [9.17, 15) is 9.90 Å². The van der Waals surface area contributed by atoms with E-state index in [-0.39, 0.29) is 22.3 Å². The number of piperazine rings is 1. The smallest absolute Gasteiger partial charge is 0.243 e. The summed E-state index contributed by atoms with van der Waals surface area (Å²) in [6.07, 6.45) is 6.09. The summed E-state index contributed by atoms with van der Waals surface area (Å²) in [7, 11) is 1.95. The normalized spacial score (nSPS) is 39.3. The Morgan fingerprint density at radius 1 is 1.15 bits per heavy atom. The van der Waals surface area contributed by atoms with Gasteiger partial charge >= 0.3 is 0 Å². The first kappa shape index (κ1) is 22.2. The maximum atomic E-state index is 13.6. The molecule has 4 atom stereocenters. The number of nitrogens with zero attached hydrogens (tertiary/aromatic N) is 2. The number of anilines is 1. The van der Waals surface area contributed by atoms with E-state index in [0.717, 1.165) is 49.7 Å². The first-order valence-electron chi connectivity index (χ1n) is 12.5. The van der Waals surface area contributed by atoms with Crippen LogP contribution in [0.15, 0.2) is 24.5 Å². The van der Waals surface area contributed by atoms with Crippen LogP contribution in [0.3, 0.4) is 0 Å². The van der Waals surface area contributed by atoms with Gasteiger partial charge in [-0.15, -0.1) is 0 Å². The summed E-state index contributed by atoms with van der Waals surface area (Å²) < 4.78 is 12.3. The molecule has 2 N–H and O–H groups in total. The lowest BCUT2D eigenvalue weighted by Gasteiger charge is -2.51. The maximum absolute atomic E-state index is 13.6. The van der Waals surface area contributed by atoms with Gasteiger partial charge < -0.3 is 24.8 Å². The number of carbonyl (C=O) groups is 1. The molecule has 1 amide bonds. The lowest BCUT2D eigenvalue weighted by molar-refractivity contribution is -0.157. The van der Waals surface area contributed by atoms with Crippen LogP contribution in [0.25, 0.3) is 0 Å². The highest BCUT2D eigenvalue weighted by atomic mass is 16.5. The molecule has 2 saturated heterocycles. The van der Waals surface area contributed by atoms with Gasteiger partial charge in [0.05, 0.1) is 23.1 Å². The van der Waals surface area contributed by atoms with E-state index in [1.54, 1.807) is 6.26 Å². The Labute approximate surface area is 202 Å². The van der Waals surface area contributed by atoms with Gasteiger partial charge in [0.2, 0.25) is 5.91 Å². The van der Waals surface area contributed by atoms with Crippen LogP contribution < -0.4 is 14.8 Å². The number of hydrogen-bond acceptors (Lipinski definition) is 6. The molecule has 184 valence electrons. The molecule has 0 radical (unpaired) electrons. The second-order valence-corrected chi connectivity index (χ2v) is 12.7. The maximum Gasteiger partial charge on any atom is 0.243 e. The van der Waals surface area contributed by atoms with E-state index in [0.29, 0.717) is 6.42 Å². The highest BCUT2D eigenvalue weighted by Crippen LogP contribution is 2.65. The molecule has 1 aromatic carbocycles. The number of benzene rings is 1. The molecule has 7 nitrogen and oxygen atoms in total. The third-order valence-corrected chi connectivity index (χ3v) is 9.56. The summed E-state index contributed by atoms with van der Waals surface area (Å²) in [6, 6.07) is 3.81. The summed E-state index contributed by atoms with van der Waals surface area (Å²) in [6.45, 7) is 12.9. The van der Waals surface area contributed by atoms with Crippen molar-refractivity contribution in [1.82, 2.24) is 9.80 Å². The van der Waals surface area contributed by atoms with Crippen molar-refractivity contribution >= 4 is 11.6 Å². The topological polar surface area (TPSA) is 74.3 Å². The second kappa shape index (κ2) is 6.49. The predicted molar refractivity (Wildman–Crippen MR) is 130 cm³/mol. The molecule has 6 rings (SSSR count). The van der Waals surface area contributed by atoms with E-state index in [1.807, 2.05) is 44.9 Å². The third kappa shape index (κ3) is 2.74. The molecule has 1 aliphatic carbocycles. The number of aliphatic hydroxyl groups is 1. The van der Waals surface area contributed by atoms with Gasteiger partial charge in [-0.3, -0.25) is 9.69 Å². The Balaban J connectivity index is 1.41. The Hall–Kier alpha value is -2.25. The van der Waals surface area contributed by atoms with Crippen molar-refractivity contribution in [2.75, 3.05) is 32.0 Å². The van der Waals surface area contributed by atoms with Gasteiger partial charge in [0.25, 0.3) is 0 Å². The number of hydrogen-bond donors (Lipinski definition) is 2. The third-order valence-electron chi connectivity index (χ3n) is 9.56. The quantitative estimate of drug-likeness (QED) is 0.610. The van der Waals surface area contributed by atoms with Crippen LogP contribution in [-0.2, 0) is 10.2 Å². The largest absolute Gasteiger partial charge is 0.480 e. The van der Waals surface area contributed by atoms with Gasteiger partial charge in [-0.05, 0) is 63.2 Å². The van der Waals surface area contributed by atoms with E-state index in [1.165, 1.54) is 5.56 Å². The van der Waals surface area contributed by atoms with Crippen LogP contribution in [-0.4, -0.2) is 70.3 Å². The minimum Gasteiger partial charge on any atom is -0.480 e. The number of ether oxygens (including phenoxy) is 2. The van der Waals surface area contributed by atoms with Crippen LogP contribution in [0.2, 0.25) is 0 Å². The number of likely N-dealkylation sites (N-methyl/N-ethyl adjacent to an activating group) is 1. The van der Waals surface area contributed by atoms with Crippen molar-refractivity contribution in [2.24, 2.45) is 5.41 Å². The molecule has 1 saturated carbocycles. The van der Waals surface area contributed by atoms with Crippen molar-refractivity contribution in [1.29, 1.82) is 0 Å². The van der Waals surface area contributed by atoms with E-state index in [2.05, 4.69) is 30.1 Å². The molecule has 4 aliphatic heterocycles. The zero-order chi connectivity index (χ0) is 24.3. The van der Waals surface area contributed by atoms with Crippen LogP contribution >= 0.6 is 0 Å². The lowest BCUT2D eigenvalue weighted by Crippen LogP contribution is -2.68. The second-order valence-electron chi connectivity index (χ2n) is 12.7. The fraction of sp³-hybridized carbons (Fsp3) is 0.667. The fourth-order valence-electron chi connectivity index (χ4n) is 7.74. The fourth-order valence-corrected chi connectivity index (χ4v) is 7.74. The Kier molecular flexibility index (Phi) is 4.24. The Bertz CT molecular complexity index is 1110. The molecule has 3 fully saturated rings. The zero-order valence-electron chi connectivity index (χ0n) is 21.2. The van der Waals surface area contributed by atoms with Crippen molar-refractivity contribution in [3.05, 3.63) is 30.0 Å². The minimum atomic E-state index is -0.962. The highest BCUT2D eigenvalue weighted by Gasteiger charge is 2.67. The molecule has 1 aromatic rings. The van der Waals surface area contributed by atoms with Crippen LogP contribution in [0.4, 0.5) is 5.69 Å². The lowest BCUT2D eigenvalue weighted by atomic mass is 9.65. The van der Waals surface area contributed by atoms with Crippen LogP contribution in [0.1, 0.15) is 59.4 Å². The molecule has 7 heteroatoms. The van der Waals surface area contributed by atoms with Crippen molar-refractivity contribution in [3.8, 4) is 11.5 Å². The molecule has 4 heterocycles. The van der Waals surface area contributed by atoms with Gasteiger partial charge in [-0.1, -0.05) is 19.9 Å². The molecular formula is C27H37N3O4. The summed E-state index contributed by atoms with van der Waals surface area (Å²) in [5.74, 6) is 1.55. The molecule has 5 aliphatic rings. The molecule has 0 bridgehead atoms. The van der Waals surface area contributed by atoms with Crippen molar-refractivity contribution in [3.63, 3.8) is 0 Å². The van der Waals surface area contributed by atoms with Gasteiger partial charge in [0, 0.05) is 32.1 Å². The number of carbonyl (C=O) groups excluding carboxylic acids is 1. The van der Waals surface area contributed by atoms with Gasteiger partial charge in [0.15, 0.2) is 11.5 Å². The Morgan fingerprint density at radius 3 is 2.68 bits per heavy atom. The molecular weight excluding hydrogens is 430 g/mol. The zero-order valence-corrected chi connectivity index (χ0v) is 21.2. The molecule has 3 unspecified atom stereocenters. The van der Waals surface area contributed by atoms with Crippen LogP contribution in [0, 0.1) is 5.41 Å². The molecule has 2 spiro atoms. The molecule has 34 heavy (non-hydrogen) atoms. The molecule has 0 aromatic heterocycles. The van der Waals surface area contributed by atoms with Gasteiger partial charge in [0.1, 0.15) is 11.6 Å². The minimum absolute atomic E-state index is 0.0518. The van der Waals surface area contributed by atoms with Crippen molar-refractivity contribution in [2.45, 2.75) is 82.1 Å². The first-order chi connectivity index (χ1) is 15.8. The van der Waals surface area contributed by atoms with Gasteiger partial charge in [-0.25, -0.2) is 0 Å². The average Bonchev–Trinajstić information content (AvgIpc) is 3.27. The summed E-state index contributed by atoms with van der Waals surface area (Å²) in [4.78, 5) is 17.8. The summed E-state index contributed by atoms with van der Waals surface area (Å²) in [5.41, 5.74) is 0.395. The van der Waals surface area contributed by atoms with Crippen molar-refractivity contribution < 1.29 is 19.4 Å². The van der Waals surface area contributed by atoms with E-state index < -0.39 is 17.2 Å². The van der Waals surface area contributed by atoms with E-state index >= 15 is 0 Å². The number of rotatable bonds is 0. The standard InChI is InChI=1S/C27H37N3O4/c1-23(2)13-26(16-30-11-9-25(5,32)21(30)22(31)29(26)6)14-27(23)15-28-19-17(27)7-8-18-20(19)33-12-10-24(3,4)34-18/h7-8,10,12,21,28,32H,9,11,13-16H2,1-6H3/t21?,25-,26?,27?/m1/s1. The highest BCUT2D eigenvalue weighted by molar-refractivity contribution is 5.85. The van der Waals surface area contributed by atoms with Crippen LogP contribution in [0.5, 0.6) is 11.5 Å². The predicted octanol–water partition coefficient (Wildman–Crippen LogP) is 3.27. The summed E-state index contributed by atoms with van der Waals surface area (Å²) >= 11 is 0. The SMILES string of the molecule is CN1C(=O)C2N(CC[C@@]2(C)O)CC12CC(C)(C)C1(CNc3c1ccc1c3OC=CC(C)(C)O1)C2. The average molecular weight is 468 g/mol. The monoisotopic (exact) mass is 467 g/mol. The van der Waals surface area contributed by atoms with Gasteiger partial charge in [-0.2, -0.15) is 0 Å². The number of fused-ring (bicyclic) bond motifs is 5. The number of amides is 1. The number of nitrogens with one attached hydrogen (secondary N) is 1. The van der Waals surface area contributed by atoms with E-state index in [4.69, 9.17) is 9.47 Å². The summed E-state index contributed by atoms with van der Waals surface area (Å²) in [5, 5.41) is 14.6. The first-order valence-corrected chi connectivity index (χ1v) is 12.5.